The number of ether oxygens (including phenoxy) is 1. The first-order valence-corrected chi connectivity index (χ1v) is 9.54. The van der Waals surface area contributed by atoms with Gasteiger partial charge >= 0.3 is 0 Å². The quantitative estimate of drug-likeness (QED) is 0.713. The number of nitrogens with zero attached hydrogens (tertiary/aromatic N) is 1. The van der Waals surface area contributed by atoms with Crippen molar-refractivity contribution in [2.45, 2.75) is 32.7 Å². The number of carbonyl (C=O) groups excluding carboxylic acids is 2. The van der Waals surface area contributed by atoms with Crippen molar-refractivity contribution in [1.29, 1.82) is 0 Å². The maximum absolute atomic E-state index is 12.1. The van der Waals surface area contributed by atoms with E-state index in [4.69, 9.17) is 16.3 Å². The third kappa shape index (κ3) is 5.84. The first kappa shape index (κ1) is 19.4. The van der Waals surface area contributed by atoms with E-state index in [0.29, 0.717) is 27.7 Å². The van der Waals surface area contributed by atoms with Crippen molar-refractivity contribution in [3.8, 4) is 0 Å². The summed E-state index contributed by atoms with van der Waals surface area (Å²) in [6.45, 7) is 8.22. The maximum Gasteiger partial charge on any atom is 0.220 e. The summed E-state index contributed by atoms with van der Waals surface area (Å²) in [4.78, 5) is 27.1. The predicted octanol–water partition coefficient (Wildman–Crippen LogP) is 2.84. The van der Waals surface area contributed by atoms with Crippen LogP contribution < -0.4 is 5.32 Å². The van der Waals surface area contributed by atoms with E-state index in [1.165, 1.54) is 11.3 Å². The summed E-state index contributed by atoms with van der Waals surface area (Å²) in [5, 5.41) is 2.98. The van der Waals surface area contributed by atoms with Crippen LogP contribution in [0.25, 0.3) is 0 Å². The van der Waals surface area contributed by atoms with Crippen molar-refractivity contribution in [3.63, 3.8) is 0 Å². The van der Waals surface area contributed by atoms with Crippen LogP contribution in [-0.4, -0.2) is 55.5 Å². The first-order valence-electron chi connectivity index (χ1n) is 8.34. The number of nitrogens with one attached hydrogen (secondary N) is 1. The number of rotatable bonds is 8. The predicted molar refractivity (Wildman–Crippen MR) is 96.9 cm³/mol. The average Bonchev–Trinajstić information content (AvgIpc) is 3.00. The van der Waals surface area contributed by atoms with Crippen LogP contribution in [0.15, 0.2) is 12.1 Å². The summed E-state index contributed by atoms with van der Waals surface area (Å²) in [6.07, 6.45) is 0.425. The van der Waals surface area contributed by atoms with Crippen LogP contribution in [0.4, 0.5) is 0 Å². The molecule has 0 aromatic carbocycles. The minimum atomic E-state index is -0.0788. The van der Waals surface area contributed by atoms with Crippen LogP contribution in [0.2, 0.25) is 4.34 Å². The Morgan fingerprint density at radius 1 is 1.29 bits per heavy atom. The molecule has 134 valence electrons. The van der Waals surface area contributed by atoms with Gasteiger partial charge in [-0.25, -0.2) is 0 Å². The van der Waals surface area contributed by atoms with Gasteiger partial charge in [-0.2, -0.15) is 0 Å². The summed E-state index contributed by atoms with van der Waals surface area (Å²) in [6, 6.07) is 3.71. The fourth-order valence-corrected chi connectivity index (χ4v) is 3.83. The number of hydrogen-bond donors (Lipinski definition) is 1. The Morgan fingerprint density at radius 2 is 2.00 bits per heavy atom. The molecule has 1 aromatic rings. The Kier molecular flexibility index (Phi) is 7.68. The molecular weight excluding hydrogens is 348 g/mol. The molecule has 0 bridgehead atoms. The van der Waals surface area contributed by atoms with E-state index in [9.17, 15) is 9.59 Å². The smallest absolute Gasteiger partial charge is 0.220 e. The van der Waals surface area contributed by atoms with Crippen molar-refractivity contribution in [3.05, 3.63) is 21.3 Å². The third-order valence-electron chi connectivity index (χ3n) is 4.22. The van der Waals surface area contributed by atoms with Crippen LogP contribution in [0.1, 0.15) is 36.4 Å². The Balaban J connectivity index is 1.75. The summed E-state index contributed by atoms with van der Waals surface area (Å²) in [7, 11) is 0. The zero-order valence-corrected chi connectivity index (χ0v) is 15.8. The second kappa shape index (κ2) is 9.51. The minimum absolute atomic E-state index is 0.0318. The molecule has 0 aliphatic carbocycles. The molecule has 1 atom stereocenters. The zero-order valence-electron chi connectivity index (χ0n) is 14.2. The van der Waals surface area contributed by atoms with Gasteiger partial charge in [0.2, 0.25) is 5.91 Å². The second-order valence-electron chi connectivity index (χ2n) is 6.29. The normalized spacial score (nSPS) is 17.0. The van der Waals surface area contributed by atoms with E-state index in [1.807, 2.05) is 0 Å². The highest BCUT2D eigenvalue weighted by molar-refractivity contribution is 7.18. The van der Waals surface area contributed by atoms with E-state index >= 15 is 0 Å². The van der Waals surface area contributed by atoms with Crippen molar-refractivity contribution in [2.75, 3.05) is 32.8 Å². The van der Waals surface area contributed by atoms with Crippen molar-refractivity contribution in [2.24, 2.45) is 5.92 Å². The fraction of sp³-hybridized carbons (Fsp3) is 0.647. The van der Waals surface area contributed by atoms with Crippen molar-refractivity contribution in [1.82, 2.24) is 10.2 Å². The van der Waals surface area contributed by atoms with Crippen LogP contribution >= 0.6 is 22.9 Å². The molecule has 0 saturated carbocycles. The van der Waals surface area contributed by atoms with Gasteiger partial charge in [0.15, 0.2) is 5.78 Å². The number of hydrogen-bond acceptors (Lipinski definition) is 5. The molecule has 7 heteroatoms. The molecule has 0 spiro atoms. The number of carbonyl (C=O) groups is 2. The van der Waals surface area contributed by atoms with Gasteiger partial charge < -0.3 is 10.1 Å². The number of halogens is 1. The Hall–Kier alpha value is -0.950. The highest BCUT2D eigenvalue weighted by Crippen LogP contribution is 2.22. The molecule has 1 aromatic heterocycles. The molecule has 1 N–H and O–H groups in total. The summed E-state index contributed by atoms with van der Waals surface area (Å²) in [5.41, 5.74) is 0. The minimum Gasteiger partial charge on any atom is -0.379 e. The molecule has 1 amide bonds. The van der Waals surface area contributed by atoms with E-state index in [0.717, 1.165) is 26.3 Å². The third-order valence-corrected chi connectivity index (χ3v) is 5.49. The molecule has 2 rings (SSSR count). The molecule has 1 aliphatic rings. The maximum atomic E-state index is 12.1. The molecule has 5 nitrogen and oxygen atoms in total. The number of thiophene rings is 1. The van der Waals surface area contributed by atoms with Gasteiger partial charge in [-0.15, -0.1) is 11.3 Å². The second-order valence-corrected chi connectivity index (χ2v) is 8.01. The molecule has 24 heavy (non-hydrogen) atoms. The largest absolute Gasteiger partial charge is 0.379 e. The first-order chi connectivity index (χ1) is 11.5. The van der Waals surface area contributed by atoms with E-state index in [1.54, 1.807) is 12.1 Å². The van der Waals surface area contributed by atoms with Crippen LogP contribution in [-0.2, 0) is 9.53 Å². The van der Waals surface area contributed by atoms with Gasteiger partial charge in [0.25, 0.3) is 0 Å². The molecule has 0 radical (unpaired) electrons. The lowest BCUT2D eigenvalue weighted by molar-refractivity contribution is -0.121. The standard InChI is InChI=1S/C17H25ClN2O3S/c1-12(2)13(20-7-9-23-10-8-20)11-19-17(22)6-3-14(21)15-4-5-16(18)24-15/h4-5,12-13H,3,6-11H2,1-2H3,(H,19,22). The number of ketones is 1. The molecule has 1 saturated heterocycles. The Morgan fingerprint density at radius 3 is 2.58 bits per heavy atom. The fourth-order valence-electron chi connectivity index (χ4n) is 2.82. The summed E-state index contributed by atoms with van der Waals surface area (Å²) >= 11 is 7.08. The highest BCUT2D eigenvalue weighted by Gasteiger charge is 2.24. The summed E-state index contributed by atoms with van der Waals surface area (Å²) < 4.78 is 5.98. The topological polar surface area (TPSA) is 58.6 Å². The van der Waals surface area contributed by atoms with E-state index in [-0.39, 0.29) is 24.5 Å². The molecule has 2 heterocycles. The Bertz CT molecular complexity index is 556. The van der Waals surface area contributed by atoms with Crippen LogP contribution in [0.3, 0.4) is 0 Å². The Labute approximate surface area is 152 Å². The number of Topliss-reactive ketones (excluding diaryl/α,β-unsaturated/α-hetero) is 1. The van der Waals surface area contributed by atoms with Gasteiger partial charge in [0, 0.05) is 38.5 Å². The van der Waals surface area contributed by atoms with Crippen molar-refractivity contribution < 1.29 is 14.3 Å². The number of morpholine rings is 1. The average molecular weight is 373 g/mol. The molecule has 1 unspecified atom stereocenters. The SMILES string of the molecule is CC(C)C(CNC(=O)CCC(=O)c1ccc(Cl)s1)N1CCOCC1. The van der Waals surface area contributed by atoms with Crippen LogP contribution in [0, 0.1) is 5.92 Å². The molecule has 1 aliphatic heterocycles. The lowest BCUT2D eigenvalue weighted by Gasteiger charge is -2.36. The lowest BCUT2D eigenvalue weighted by atomic mass is 10.0. The highest BCUT2D eigenvalue weighted by atomic mass is 35.5. The lowest BCUT2D eigenvalue weighted by Crippen LogP contribution is -2.51. The van der Waals surface area contributed by atoms with Gasteiger partial charge in [-0.3, -0.25) is 14.5 Å². The number of amides is 1. The molecular formula is C17H25ClN2O3S. The summed E-state index contributed by atoms with van der Waals surface area (Å²) in [5.74, 6) is 0.332. The molecule has 1 fully saturated rings. The van der Waals surface area contributed by atoms with E-state index in [2.05, 4.69) is 24.1 Å². The van der Waals surface area contributed by atoms with Gasteiger partial charge in [-0.1, -0.05) is 25.4 Å². The van der Waals surface area contributed by atoms with Crippen molar-refractivity contribution >= 4 is 34.6 Å². The zero-order chi connectivity index (χ0) is 17.5. The van der Waals surface area contributed by atoms with Gasteiger partial charge in [0.1, 0.15) is 0 Å². The van der Waals surface area contributed by atoms with Crippen LogP contribution in [0.5, 0.6) is 0 Å². The van der Waals surface area contributed by atoms with E-state index < -0.39 is 0 Å². The monoisotopic (exact) mass is 372 g/mol. The van der Waals surface area contributed by atoms with Gasteiger partial charge in [-0.05, 0) is 18.1 Å². The van der Waals surface area contributed by atoms with Gasteiger partial charge in [0.05, 0.1) is 22.4 Å².